The Balaban J connectivity index is 1.88. The van der Waals surface area contributed by atoms with Gasteiger partial charge >= 0.3 is 0 Å². The van der Waals surface area contributed by atoms with Gasteiger partial charge < -0.3 is 10.3 Å². The molecule has 1 aromatic carbocycles. The summed E-state index contributed by atoms with van der Waals surface area (Å²) < 4.78 is 5.29. The fourth-order valence-corrected chi connectivity index (χ4v) is 2.39. The molecule has 1 aliphatic carbocycles. The van der Waals surface area contributed by atoms with Gasteiger partial charge in [0.1, 0.15) is 0 Å². The zero-order valence-electron chi connectivity index (χ0n) is 9.54. The summed E-state index contributed by atoms with van der Waals surface area (Å²) in [6.07, 6.45) is 3.27. The zero-order valence-corrected chi connectivity index (χ0v) is 9.54. The third-order valence-corrected chi connectivity index (χ3v) is 3.36. The number of rotatable bonds is 2. The summed E-state index contributed by atoms with van der Waals surface area (Å²) in [6, 6.07) is 9.99. The smallest absolute Gasteiger partial charge is 0.257 e. The van der Waals surface area contributed by atoms with Crippen molar-refractivity contribution in [2.24, 2.45) is 5.73 Å². The van der Waals surface area contributed by atoms with E-state index in [-0.39, 0.29) is 12.0 Å². The van der Waals surface area contributed by atoms with E-state index in [9.17, 15) is 0 Å². The first-order chi connectivity index (χ1) is 8.34. The highest BCUT2D eigenvalue weighted by Crippen LogP contribution is 2.32. The molecular formula is C13H15N3O. The van der Waals surface area contributed by atoms with Crippen molar-refractivity contribution in [2.75, 3.05) is 0 Å². The van der Waals surface area contributed by atoms with Gasteiger partial charge in [0.05, 0.1) is 0 Å². The van der Waals surface area contributed by atoms with Gasteiger partial charge in [0.25, 0.3) is 5.89 Å². The molecule has 2 aromatic rings. The quantitative estimate of drug-likeness (QED) is 0.858. The number of nitrogens with zero attached hydrogens (tertiary/aromatic N) is 2. The third-order valence-electron chi connectivity index (χ3n) is 3.36. The van der Waals surface area contributed by atoms with Gasteiger partial charge in [-0.1, -0.05) is 29.8 Å². The lowest BCUT2D eigenvalue weighted by Gasteiger charge is -2.09. The Kier molecular flexibility index (Phi) is 2.65. The minimum Gasteiger partial charge on any atom is -0.334 e. The van der Waals surface area contributed by atoms with E-state index in [1.54, 1.807) is 0 Å². The molecule has 1 aromatic heterocycles. The van der Waals surface area contributed by atoms with E-state index in [0.717, 1.165) is 30.7 Å². The van der Waals surface area contributed by atoms with Crippen LogP contribution in [0, 0.1) is 0 Å². The fraction of sp³-hybridized carbons (Fsp3) is 0.385. The standard InChI is InChI=1S/C13H15N3O/c14-11-8-4-7-10(11)12-15-13(17-16-12)9-5-2-1-3-6-9/h1-3,5-6,10-11H,4,7-8,14H2/t10-,11+/m0/s1. The van der Waals surface area contributed by atoms with Crippen LogP contribution in [-0.4, -0.2) is 16.2 Å². The minimum absolute atomic E-state index is 0.177. The topological polar surface area (TPSA) is 64.9 Å². The van der Waals surface area contributed by atoms with Crippen LogP contribution < -0.4 is 5.73 Å². The predicted octanol–water partition coefficient (Wildman–Crippen LogP) is 2.33. The lowest BCUT2D eigenvalue weighted by atomic mass is 10.0. The highest BCUT2D eigenvalue weighted by molar-refractivity contribution is 5.52. The van der Waals surface area contributed by atoms with Crippen LogP contribution >= 0.6 is 0 Å². The molecule has 3 rings (SSSR count). The summed E-state index contributed by atoms with van der Waals surface area (Å²) in [6.45, 7) is 0. The molecule has 0 saturated heterocycles. The Morgan fingerprint density at radius 1 is 1.18 bits per heavy atom. The Hall–Kier alpha value is -1.68. The first-order valence-electron chi connectivity index (χ1n) is 5.99. The molecule has 2 atom stereocenters. The lowest BCUT2D eigenvalue weighted by Crippen LogP contribution is -2.23. The third kappa shape index (κ3) is 1.96. The SMILES string of the molecule is N[C@@H]1CCC[C@@H]1c1noc(-c2ccccc2)n1. The first kappa shape index (κ1) is 10.5. The summed E-state index contributed by atoms with van der Waals surface area (Å²) >= 11 is 0. The molecule has 0 aliphatic heterocycles. The normalized spacial score (nSPS) is 24.1. The van der Waals surface area contributed by atoms with Gasteiger partial charge in [-0.2, -0.15) is 4.98 Å². The van der Waals surface area contributed by atoms with Gasteiger partial charge in [-0.3, -0.25) is 0 Å². The van der Waals surface area contributed by atoms with Gasteiger partial charge in [-0.05, 0) is 25.0 Å². The molecule has 1 aliphatic rings. The Labute approximate surface area is 99.8 Å². The molecule has 0 amide bonds. The van der Waals surface area contributed by atoms with Crippen molar-refractivity contribution < 1.29 is 4.52 Å². The number of nitrogens with two attached hydrogens (primary N) is 1. The van der Waals surface area contributed by atoms with Crippen LogP contribution in [0.15, 0.2) is 34.9 Å². The second-order valence-corrected chi connectivity index (χ2v) is 4.53. The maximum Gasteiger partial charge on any atom is 0.257 e. The Morgan fingerprint density at radius 2 is 2.00 bits per heavy atom. The van der Waals surface area contributed by atoms with E-state index in [1.165, 1.54) is 0 Å². The van der Waals surface area contributed by atoms with Crippen LogP contribution in [0.5, 0.6) is 0 Å². The first-order valence-corrected chi connectivity index (χ1v) is 5.99. The van der Waals surface area contributed by atoms with E-state index < -0.39 is 0 Å². The lowest BCUT2D eigenvalue weighted by molar-refractivity contribution is 0.412. The number of benzene rings is 1. The average molecular weight is 229 g/mol. The minimum atomic E-state index is 0.177. The number of aromatic nitrogens is 2. The van der Waals surface area contributed by atoms with Crippen molar-refractivity contribution >= 4 is 0 Å². The van der Waals surface area contributed by atoms with Crippen molar-refractivity contribution in [3.63, 3.8) is 0 Å². The molecule has 4 heteroatoms. The molecule has 1 fully saturated rings. The molecule has 17 heavy (non-hydrogen) atoms. The van der Waals surface area contributed by atoms with Crippen molar-refractivity contribution in [2.45, 2.75) is 31.2 Å². The van der Waals surface area contributed by atoms with Gasteiger partial charge in [0.2, 0.25) is 0 Å². The maximum absolute atomic E-state index is 6.04. The predicted molar refractivity (Wildman–Crippen MR) is 64.3 cm³/mol. The Morgan fingerprint density at radius 3 is 2.71 bits per heavy atom. The molecular weight excluding hydrogens is 214 g/mol. The van der Waals surface area contributed by atoms with E-state index in [1.807, 2.05) is 30.3 Å². The highest BCUT2D eigenvalue weighted by Gasteiger charge is 2.29. The monoisotopic (exact) mass is 229 g/mol. The van der Waals surface area contributed by atoms with E-state index >= 15 is 0 Å². The largest absolute Gasteiger partial charge is 0.334 e. The van der Waals surface area contributed by atoms with Crippen LogP contribution in [0.3, 0.4) is 0 Å². The number of hydrogen-bond acceptors (Lipinski definition) is 4. The van der Waals surface area contributed by atoms with Crippen molar-refractivity contribution in [3.8, 4) is 11.5 Å². The molecule has 0 unspecified atom stereocenters. The van der Waals surface area contributed by atoms with Crippen LogP contribution in [0.25, 0.3) is 11.5 Å². The second-order valence-electron chi connectivity index (χ2n) is 4.53. The van der Waals surface area contributed by atoms with Crippen molar-refractivity contribution in [1.29, 1.82) is 0 Å². The van der Waals surface area contributed by atoms with Crippen LogP contribution in [0.2, 0.25) is 0 Å². The molecule has 4 nitrogen and oxygen atoms in total. The summed E-state index contributed by atoms with van der Waals surface area (Å²) in [5.74, 6) is 1.60. The Bertz CT molecular complexity index is 494. The zero-order chi connectivity index (χ0) is 11.7. The molecule has 2 N–H and O–H groups in total. The molecule has 1 heterocycles. The van der Waals surface area contributed by atoms with Gasteiger partial charge in [0.15, 0.2) is 5.82 Å². The average Bonchev–Trinajstić information content (AvgIpc) is 2.98. The fourth-order valence-electron chi connectivity index (χ4n) is 2.39. The van der Waals surface area contributed by atoms with Crippen molar-refractivity contribution in [1.82, 2.24) is 10.1 Å². The number of hydrogen-bond donors (Lipinski definition) is 1. The summed E-state index contributed by atoms with van der Waals surface area (Å²) in [7, 11) is 0. The van der Waals surface area contributed by atoms with Gasteiger partial charge in [0, 0.05) is 17.5 Å². The molecule has 0 radical (unpaired) electrons. The van der Waals surface area contributed by atoms with E-state index in [0.29, 0.717) is 5.89 Å². The molecule has 0 spiro atoms. The molecule has 1 saturated carbocycles. The summed E-state index contributed by atoms with van der Waals surface area (Å²) in [5.41, 5.74) is 6.99. The summed E-state index contributed by atoms with van der Waals surface area (Å²) in [4.78, 5) is 4.46. The van der Waals surface area contributed by atoms with Crippen LogP contribution in [0.1, 0.15) is 31.0 Å². The highest BCUT2D eigenvalue weighted by atomic mass is 16.5. The second kappa shape index (κ2) is 4.30. The van der Waals surface area contributed by atoms with Gasteiger partial charge in [-0.25, -0.2) is 0 Å². The van der Waals surface area contributed by atoms with Crippen LogP contribution in [0.4, 0.5) is 0 Å². The van der Waals surface area contributed by atoms with Gasteiger partial charge in [-0.15, -0.1) is 0 Å². The van der Waals surface area contributed by atoms with E-state index in [2.05, 4.69) is 10.1 Å². The maximum atomic E-state index is 6.04. The molecule has 0 bridgehead atoms. The summed E-state index contributed by atoms with van der Waals surface area (Å²) in [5, 5.41) is 4.06. The van der Waals surface area contributed by atoms with Crippen LogP contribution in [-0.2, 0) is 0 Å². The van der Waals surface area contributed by atoms with E-state index in [4.69, 9.17) is 10.3 Å². The molecule has 88 valence electrons. The van der Waals surface area contributed by atoms with Crippen molar-refractivity contribution in [3.05, 3.63) is 36.2 Å².